The number of sulfonamides is 1. The molecule has 0 spiro atoms. The van der Waals surface area contributed by atoms with Gasteiger partial charge in [-0.1, -0.05) is 6.07 Å². The molecule has 1 N–H and O–H groups in total. The Morgan fingerprint density at radius 3 is 2.43 bits per heavy atom. The fourth-order valence-electron chi connectivity index (χ4n) is 2.79. The molecule has 0 aliphatic carbocycles. The van der Waals surface area contributed by atoms with E-state index in [0.29, 0.717) is 32.2 Å². The Morgan fingerprint density at radius 1 is 1.19 bits per heavy atom. The van der Waals surface area contributed by atoms with Crippen LogP contribution in [0.15, 0.2) is 23.1 Å². The minimum atomic E-state index is -3.74. The maximum atomic E-state index is 13.9. The highest BCUT2D eigenvalue weighted by molar-refractivity contribution is 7.89. The largest absolute Gasteiger partial charge is 0.314 e. The van der Waals surface area contributed by atoms with Crippen molar-refractivity contribution in [2.45, 2.75) is 17.9 Å². The molecule has 0 saturated carbocycles. The third kappa shape index (κ3) is 2.83. The molecule has 0 bridgehead atoms. The topological polar surface area (TPSA) is 52.7 Å². The van der Waals surface area contributed by atoms with Crippen LogP contribution in [0.2, 0.25) is 0 Å². The van der Waals surface area contributed by atoms with Crippen LogP contribution < -0.4 is 5.32 Å². The average Bonchev–Trinajstić information content (AvgIpc) is 2.40. The molecule has 0 unspecified atom stereocenters. The normalized spacial score (nSPS) is 22.2. The van der Waals surface area contributed by atoms with Crippen LogP contribution in [0.1, 0.15) is 5.56 Å². The van der Waals surface area contributed by atoms with Crippen LogP contribution in [0.25, 0.3) is 0 Å². The highest BCUT2D eigenvalue weighted by atomic mass is 32.2. The van der Waals surface area contributed by atoms with Gasteiger partial charge >= 0.3 is 0 Å². The summed E-state index contributed by atoms with van der Waals surface area (Å²) in [6.07, 6.45) is 0. The highest BCUT2D eigenvalue weighted by Crippen LogP contribution is 2.22. The number of hydrogen-bond acceptors (Lipinski definition) is 4. The van der Waals surface area contributed by atoms with Crippen molar-refractivity contribution in [3.8, 4) is 0 Å². The SMILES string of the molecule is Cc1ccc(F)c(S(=O)(=O)N2CCN(C3CNC3)CC2)c1. The maximum Gasteiger partial charge on any atom is 0.246 e. The van der Waals surface area contributed by atoms with Crippen molar-refractivity contribution in [3.63, 3.8) is 0 Å². The van der Waals surface area contributed by atoms with Gasteiger partial charge in [0, 0.05) is 45.3 Å². The Kier molecular flexibility index (Phi) is 4.00. The van der Waals surface area contributed by atoms with Crippen molar-refractivity contribution in [1.82, 2.24) is 14.5 Å². The number of halogens is 1. The quantitative estimate of drug-likeness (QED) is 0.878. The molecule has 0 radical (unpaired) electrons. The zero-order valence-electron chi connectivity index (χ0n) is 12.0. The van der Waals surface area contributed by atoms with Gasteiger partial charge in [0.1, 0.15) is 10.7 Å². The van der Waals surface area contributed by atoms with Crippen LogP contribution >= 0.6 is 0 Å². The van der Waals surface area contributed by atoms with E-state index >= 15 is 0 Å². The lowest BCUT2D eigenvalue weighted by Crippen LogP contribution is -2.62. The molecular weight excluding hydrogens is 293 g/mol. The minimum Gasteiger partial charge on any atom is -0.314 e. The Labute approximate surface area is 124 Å². The molecule has 2 saturated heterocycles. The molecule has 116 valence electrons. The fourth-order valence-corrected chi connectivity index (χ4v) is 4.36. The van der Waals surface area contributed by atoms with E-state index in [1.54, 1.807) is 13.0 Å². The second-order valence-electron chi connectivity index (χ2n) is 5.69. The molecule has 1 aromatic rings. The van der Waals surface area contributed by atoms with Crippen molar-refractivity contribution in [3.05, 3.63) is 29.6 Å². The van der Waals surface area contributed by atoms with Gasteiger partial charge in [-0.3, -0.25) is 4.90 Å². The van der Waals surface area contributed by atoms with Gasteiger partial charge in [0.15, 0.2) is 0 Å². The highest BCUT2D eigenvalue weighted by Gasteiger charge is 2.33. The van der Waals surface area contributed by atoms with E-state index < -0.39 is 15.8 Å². The summed E-state index contributed by atoms with van der Waals surface area (Å²) in [5, 5.41) is 3.22. The van der Waals surface area contributed by atoms with Crippen molar-refractivity contribution in [1.29, 1.82) is 0 Å². The summed E-state index contributed by atoms with van der Waals surface area (Å²) in [7, 11) is -3.74. The molecular formula is C14H20FN3O2S. The summed E-state index contributed by atoms with van der Waals surface area (Å²) in [5.41, 5.74) is 0.745. The van der Waals surface area contributed by atoms with Gasteiger partial charge in [0.2, 0.25) is 10.0 Å². The van der Waals surface area contributed by atoms with Crippen LogP contribution in [-0.2, 0) is 10.0 Å². The molecule has 5 nitrogen and oxygen atoms in total. The molecule has 7 heteroatoms. The Morgan fingerprint density at radius 2 is 1.86 bits per heavy atom. The lowest BCUT2D eigenvalue weighted by molar-refractivity contribution is 0.103. The van der Waals surface area contributed by atoms with Crippen molar-refractivity contribution in [2.24, 2.45) is 0 Å². The van der Waals surface area contributed by atoms with E-state index in [-0.39, 0.29) is 4.90 Å². The molecule has 21 heavy (non-hydrogen) atoms. The first-order valence-corrected chi connectivity index (χ1v) is 8.63. The third-order valence-corrected chi connectivity index (χ3v) is 6.17. The first kappa shape index (κ1) is 14.9. The van der Waals surface area contributed by atoms with Crippen LogP contribution in [0.3, 0.4) is 0 Å². The van der Waals surface area contributed by atoms with Gasteiger partial charge in [-0.15, -0.1) is 0 Å². The van der Waals surface area contributed by atoms with Gasteiger partial charge in [-0.2, -0.15) is 4.31 Å². The van der Waals surface area contributed by atoms with Crippen LogP contribution in [0, 0.1) is 12.7 Å². The standard InChI is InChI=1S/C14H20FN3O2S/c1-11-2-3-13(15)14(8-11)21(19,20)18-6-4-17(5-7-18)12-9-16-10-12/h2-3,8,12,16H,4-7,9-10H2,1H3. The van der Waals surface area contributed by atoms with Gasteiger partial charge in [0.05, 0.1) is 0 Å². The lowest BCUT2D eigenvalue weighted by Gasteiger charge is -2.42. The van der Waals surface area contributed by atoms with E-state index in [2.05, 4.69) is 10.2 Å². The molecule has 2 aliphatic rings. The molecule has 0 amide bonds. The summed E-state index contributed by atoms with van der Waals surface area (Å²) in [5.74, 6) is -0.675. The van der Waals surface area contributed by atoms with E-state index in [4.69, 9.17) is 0 Å². The number of hydrogen-bond donors (Lipinski definition) is 1. The summed E-state index contributed by atoms with van der Waals surface area (Å²) in [6.45, 7) is 5.97. The summed E-state index contributed by atoms with van der Waals surface area (Å²) in [6, 6.07) is 4.73. The predicted molar refractivity (Wildman–Crippen MR) is 78.1 cm³/mol. The molecule has 0 aromatic heterocycles. The third-order valence-electron chi connectivity index (χ3n) is 4.25. The zero-order chi connectivity index (χ0) is 15.0. The van der Waals surface area contributed by atoms with Crippen molar-refractivity contribution in [2.75, 3.05) is 39.3 Å². The average molecular weight is 313 g/mol. The summed E-state index contributed by atoms with van der Waals surface area (Å²) >= 11 is 0. The number of piperazine rings is 1. The van der Waals surface area contributed by atoms with Crippen molar-refractivity contribution < 1.29 is 12.8 Å². The minimum absolute atomic E-state index is 0.207. The maximum absolute atomic E-state index is 13.9. The smallest absolute Gasteiger partial charge is 0.246 e. The number of nitrogens with zero attached hydrogens (tertiary/aromatic N) is 2. The fraction of sp³-hybridized carbons (Fsp3) is 0.571. The first-order valence-electron chi connectivity index (χ1n) is 7.19. The van der Waals surface area contributed by atoms with E-state index in [0.717, 1.165) is 18.7 Å². The van der Waals surface area contributed by atoms with Gasteiger partial charge in [-0.25, -0.2) is 12.8 Å². The molecule has 2 fully saturated rings. The number of nitrogens with one attached hydrogen (secondary N) is 1. The second kappa shape index (κ2) is 5.64. The van der Waals surface area contributed by atoms with Gasteiger partial charge in [-0.05, 0) is 24.6 Å². The van der Waals surface area contributed by atoms with E-state index in [1.807, 2.05) is 0 Å². The Hall–Kier alpha value is -1.02. The second-order valence-corrected chi connectivity index (χ2v) is 7.59. The number of rotatable bonds is 3. The van der Waals surface area contributed by atoms with Crippen LogP contribution in [0.4, 0.5) is 4.39 Å². The molecule has 1 aromatic carbocycles. The Balaban J connectivity index is 1.75. The van der Waals surface area contributed by atoms with E-state index in [1.165, 1.54) is 16.4 Å². The number of aryl methyl sites for hydroxylation is 1. The zero-order valence-corrected chi connectivity index (χ0v) is 12.9. The lowest BCUT2D eigenvalue weighted by atomic mass is 10.1. The predicted octanol–water partition coefficient (Wildman–Crippen LogP) is 0.412. The van der Waals surface area contributed by atoms with Crippen molar-refractivity contribution >= 4 is 10.0 Å². The molecule has 2 aliphatic heterocycles. The van der Waals surface area contributed by atoms with Crippen LogP contribution in [-0.4, -0.2) is 62.9 Å². The molecule has 2 heterocycles. The van der Waals surface area contributed by atoms with Gasteiger partial charge < -0.3 is 5.32 Å². The first-order chi connectivity index (χ1) is 9.98. The summed E-state index contributed by atoms with van der Waals surface area (Å²) < 4.78 is 40.4. The monoisotopic (exact) mass is 313 g/mol. The van der Waals surface area contributed by atoms with Gasteiger partial charge in [0.25, 0.3) is 0 Å². The molecule has 3 rings (SSSR count). The number of benzene rings is 1. The van der Waals surface area contributed by atoms with E-state index in [9.17, 15) is 12.8 Å². The molecule has 0 atom stereocenters. The van der Waals surface area contributed by atoms with Crippen LogP contribution in [0.5, 0.6) is 0 Å². The Bertz CT molecular complexity index is 623. The summed E-state index contributed by atoms with van der Waals surface area (Å²) in [4.78, 5) is 2.09.